The molecule has 1 fully saturated rings. The summed E-state index contributed by atoms with van der Waals surface area (Å²) < 4.78 is 5.29. The molecule has 0 radical (unpaired) electrons. The molecular formula is C21H20N2O4. The highest BCUT2D eigenvalue weighted by atomic mass is 16.5. The highest BCUT2D eigenvalue weighted by molar-refractivity contribution is 6.00. The van der Waals surface area contributed by atoms with E-state index in [0.29, 0.717) is 24.1 Å². The molecule has 0 aliphatic carbocycles. The van der Waals surface area contributed by atoms with Gasteiger partial charge in [-0.3, -0.25) is 9.59 Å². The number of aryl methyl sites for hydroxylation is 1. The van der Waals surface area contributed by atoms with Gasteiger partial charge in [-0.2, -0.15) is 0 Å². The summed E-state index contributed by atoms with van der Waals surface area (Å²) >= 11 is 0. The zero-order valence-corrected chi connectivity index (χ0v) is 15.0. The number of fused-ring (bicyclic) bond motifs is 1. The van der Waals surface area contributed by atoms with Crippen LogP contribution in [0.15, 0.2) is 42.5 Å². The fourth-order valence-electron chi connectivity index (χ4n) is 3.64. The molecule has 0 saturated carbocycles. The van der Waals surface area contributed by atoms with Crippen LogP contribution in [0.4, 0.5) is 11.4 Å². The van der Waals surface area contributed by atoms with Crippen molar-refractivity contribution in [2.45, 2.75) is 32.3 Å². The quantitative estimate of drug-likeness (QED) is 0.850. The Hall–Kier alpha value is -3.15. The van der Waals surface area contributed by atoms with Crippen molar-refractivity contribution in [1.82, 2.24) is 0 Å². The molecule has 0 aromatic heterocycles. The van der Waals surface area contributed by atoms with E-state index in [-0.39, 0.29) is 11.8 Å². The molecule has 2 aromatic rings. The number of rotatable bonds is 3. The number of carbonyl (C=O) groups excluding carboxylic acids is 3. The lowest BCUT2D eigenvalue weighted by molar-refractivity contribution is -0.125. The Morgan fingerprint density at radius 2 is 2.00 bits per heavy atom. The summed E-state index contributed by atoms with van der Waals surface area (Å²) in [5.74, 6) is -0.707. The van der Waals surface area contributed by atoms with E-state index in [9.17, 15) is 14.4 Å². The van der Waals surface area contributed by atoms with Gasteiger partial charge in [0.2, 0.25) is 5.91 Å². The molecule has 6 heteroatoms. The largest absolute Gasteiger partial charge is 0.448 e. The van der Waals surface area contributed by atoms with Gasteiger partial charge in [-0.25, -0.2) is 4.79 Å². The van der Waals surface area contributed by atoms with Crippen LogP contribution in [-0.4, -0.2) is 30.4 Å². The summed E-state index contributed by atoms with van der Waals surface area (Å²) in [6.07, 6.45) is 0.942. The molecule has 1 unspecified atom stereocenters. The molecule has 1 N–H and O–H groups in total. The molecule has 6 nitrogen and oxygen atoms in total. The first-order valence-electron chi connectivity index (χ1n) is 9.04. The number of hydrogen-bond acceptors (Lipinski definition) is 4. The summed E-state index contributed by atoms with van der Waals surface area (Å²) in [5.41, 5.74) is 3.72. The van der Waals surface area contributed by atoms with Crippen LogP contribution in [0.25, 0.3) is 0 Å². The summed E-state index contributed by atoms with van der Waals surface area (Å²) in [7, 11) is 0. The minimum Gasteiger partial charge on any atom is -0.448 e. The zero-order valence-electron chi connectivity index (χ0n) is 15.0. The number of esters is 1. The topological polar surface area (TPSA) is 75.7 Å². The lowest BCUT2D eigenvalue weighted by Gasteiger charge is -2.24. The first kappa shape index (κ1) is 17.3. The lowest BCUT2D eigenvalue weighted by atomic mass is 9.98. The van der Waals surface area contributed by atoms with Gasteiger partial charge >= 0.3 is 5.97 Å². The Balaban J connectivity index is 1.48. The van der Waals surface area contributed by atoms with Crippen molar-refractivity contribution in [2.24, 2.45) is 0 Å². The van der Waals surface area contributed by atoms with Crippen LogP contribution in [0.5, 0.6) is 0 Å². The molecule has 27 heavy (non-hydrogen) atoms. The van der Waals surface area contributed by atoms with Gasteiger partial charge in [0.1, 0.15) is 0 Å². The fourth-order valence-corrected chi connectivity index (χ4v) is 3.64. The standard InChI is InChI=1S/C21H20N2O4/c1-13-11-15(8-9-17(13)23-10-4-7-19(23)24)22-20(25)18-12-14-5-2-3-6-16(14)21(26)27-18/h2-3,5-6,8-9,11,18H,4,7,10,12H2,1H3,(H,22,25). The number of nitrogens with zero attached hydrogens (tertiary/aromatic N) is 1. The van der Waals surface area contributed by atoms with E-state index in [1.807, 2.05) is 31.2 Å². The summed E-state index contributed by atoms with van der Waals surface area (Å²) in [6.45, 7) is 2.64. The minimum absolute atomic E-state index is 0.127. The molecule has 4 rings (SSSR count). The van der Waals surface area contributed by atoms with Crippen molar-refractivity contribution < 1.29 is 19.1 Å². The predicted molar refractivity (Wildman–Crippen MR) is 101 cm³/mol. The monoisotopic (exact) mass is 364 g/mol. The van der Waals surface area contributed by atoms with Crippen LogP contribution >= 0.6 is 0 Å². The Bertz CT molecular complexity index is 938. The third-order valence-electron chi connectivity index (χ3n) is 5.01. The molecule has 0 spiro atoms. The second-order valence-corrected chi connectivity index (χ2v) is 6.89. The zero-order chi connectivity index (χ0) is 19.0. The maximum atomic E-state index is 12.6. The Morgan fingerprint density at radius 3 is 2.74 bits per heavy atom. The van der Waals surface area contributed by atoms with E-state index < -0.39 is 12.1 Å². The molecule has 2 heterocycles. The van der Waals surface area contributed by atoms with Crippen molar-refractivity contribution in [2.75, 3.05) is 16.8 Å². The average molecular weight is 364 g/mol. The highest BCUT2D eigenvalue weighted by Gasteiger charge is 2.31. The predicted octanol–water partition coefficient (Wildman–Crippen LogP) is 2.84. The van der Waals surface area contributed by atoms with Crippen molar-refractivity contribution in [3.8, 4) is 0 Å². The molecule has 2 amide bonds. The summed E-state index contributed by atoms with van der Waals surface area (Å²) in [5, 5.41) is 2.81. The van der Waals surface area contributed by atoms with Crippen LogP contribution in [0.3, 0.4) is 0 Å². The number of benzene rings is 2. The normalized spacial score (nSPS) is 18.9. The number of amides is 2. The van der Waals surface area contributed by atoms with Gasteiger partial charge in [0, 0.05) is 30.8 Å². The summed E-state index contributed by atoms with van der Waals surface area (Å²) in [4.78, 5) is 38.4. The van der Waals surface area contributed by atoms with Crippen LogP contribution in [0.1, 0.15) is 34.3 Å². The van der Waals surface area contributed by atoms with E-state index >= 15 is 0 Å². The number of carbonyl (C=O) groups is 3. The third-order valence-corrected chi connectivity index (χ3v) is 5.01. The van der Waals surface area contributed by atoms with E-state index in [1.54, 1.807) is 23.1 Å². The molecular weight excluding hydrogens is 344 g/mol. The van der Waals surface area contributed by atoms with Gasteiger partial charge in [0.25, 0.3) is 5.91 Å². The van der Waals surface area contributed by atoms with Gasteiger partial charge in [-0.05, 0) is 48.7 Å². The van der Waals surface area contributed by atoms with Gasteiger partial charge in [-0.15, -0.1) is 0 Å². The maximum absolute atomic E-state index is 12.6. The number of cyclic esters (lactones) is 1. The van der Waals surface area contributed by atoms with Crippen molar-refractivity contribution in [3.63, 3.8) is 0 Å². The molecule has 2 aliphatic rings. The Labute approximate surface area is 157 Å². The minimum atomic E-state index is -0.854. The molecule has 1 saturated heterocycles. The smallest absolute Gasteiger partial charge is 0.339 e. The molecule has 1 atom stereocenters. The number of hydrogen-bond donors (Lipinski definition) is 1. The van der Waals surface area contributed by atoms with Gasteiger partial charge in [0.15, 0.2) is 6.10 Å². The van der Waals surface area contributed by atoms with Crippen LogP contribution in [0.2, 0.25) is 0 Å². The van der Waals surface area contributed by atoms with Gasteiger partial charge < -0.3 is 15.0 Å². The van der Waals surface area contributed by atoms with Gasteiger partial charge in [0.05, 0.1) is 5.56 Å². The van der Waals surface area contributed by atoms with Crippen molar-refractivity contribution in [1.29, 1.82) is 0 Å². The molecule has 138 valence electrons. The van der Waals surface area contributed by atoms with E-state index in [0.717, 1.165) is 29.8 Å². The molecule has 2 aromatic carbocycles. The van der Waals surface area contributed by atoms with E-state index in [4.69, 9.17) is 4.74 Å². The van der Waals surface area contributed by atoms with Crippen LogP contribution < -0.4 is 10.2 Å². The fraction of sp³-hybridized carbons (Fsp3) is 0.286. The SMILES string of the molecule is Cc1cc(NC(=O)C2Cc3ccccc3C(=O)O2)ccc1N1CCCC1=O. The third kappa shape index (κ3) is 3.30. The van der Waals surface area contributed by atoms with Crippen LogP contribution in [0, 0.1) is 6.92 Å². The van der Waals surface area contributed by atoms with Crippen LogP contribution in [-0.2, 0) is 20.7 Å². The molecule has 2 aliphatic heterocycles. The lowest BCUT2D eigenvalue weighted by Crippen LogP contribution is -2.38. The Morgan fingerprint density at radius 1 is 1.19 bits per heavy atom. The van der Waals surface area contributed by atoms with Crippen molar-refractivity contribution in [3.05, 3.63) is 59.2 Å². The second kappa shape index (κ2) is 6.87. The maximum Gasteiger partial charge on any atom is 0.339 e. The first-order chi connectivity index (χ1) is 13.0. The highest BCUT2D eigenvalue weighted by Crippen LogP contribution is 2.28. The van der Waals surface area contributed by atoms with E-state index in [2.05, 4.69) is 5.32 Å². The van der Waals surface area contributed by atoms with Crippen molar-refractivity contribution >= 4 is 29.2 Å². The van der Waals surface area contributed by atoms with Gasteiger partial charge in [-0.1, -0.05) is 18.2 Å². The first-order valence-corrected chi connectivity index (χ1v) is 9.04. The Kier molecular flexibility index (Phi) is 4.39. The summed E-state index contributed by atoms with van der Waals surface area (Å²) in [6, 6.07) is 12.6. The number of anilines is 2. The van der Waals surface area contributed by atoms with E-state index in [1.165, 1.54) is 0 Å². The number of ether oxygens (including phenoxy) is 1. The molecule has 0 bridgehead atoms. The second-order valence-electron chi connectivity index (χ2n) is 6.89. The average Bonchev–Trinajstić information content (AvgIpc) is 3.07. The number of nitrogens with one attached hydrogen (secondary N) is 1.